The van der Waals surface area contributed by atoms with E-state index >= 15 is 0 Å². The number of hydrogen-bond donors (Lipinski definition) is 0. The first-order valence-electron chi connectivity index (χ1n) is 9.27. The number of fused-ring (bicyclic) bond motifs is 1. The van der Waals surface area contributed by atoms with Gasteiger partial charge in [0.05, 0.1) is 25.3 Å². The van der Waals surface area contributed by atoms with Crippen LogP contribution in [0.1, 0.15) is 23.6 Å². The molecule has 1 unspecified atom stereocenters. The smallest absolute Gasteiger partial charge is 0.159 e. The molecule has 7 heteroatoms. The minimum absolute atomic E-state index is 0.0790. The van der Waals surface area contributed by atoms with E-state index < -0.39 is 11.6 Å². The van der Waals surface area contributed by atoms with Gasteiger partial charge in [-0.2, -0.15) is 0 Å². The Morgan fingerprint density at radius 3 is 2.64 bits per heavy atom. The maximum atomic E-state index is 13.6. The summed E-state index contributed by atoms with van der Waals surface area (Å²) in [7, 11) is 0. The monoisotopic (exact) mass is 401 g/mol. The van der Waals surface area contributed by atoms with Crippen LogP contribution in [0.4, 0.5) is 8.78 Å². The molecule has 4 nitrogen and oxygen atoms in total. The maximum absolute atomic E-state index is 13.6. The van der Waals surface area contributed by atoms with Gasteiger partial charge in [0.25, 0.3) is 0 Å². The van der Waals surface area contributed by atoms with Gasteiger partial charge < -0.3 is 4.74 Å². The molecule has 1 saturated heterocycles. The van der Waals surface area contributed by atoms with Crippen LogP contribution in [-0.2, 0) is 11.3 Å². The van der Waals surface area contributed by atoms with Crippen LogP contribution in [0.15, 0.2) is 47.5 Å². The molecule has 0 radical (unpaired) electrons. The Balaban J connectivity index is 1.63. The zero-order chi connectivity index (χ0) is 19.5. The molecule has 2 aromatic carbocycles. The second kappa shape index (κ2) is 8.51. The molecule has 28 heavy (non-hydrogen) atoms. The highest BCUT2D eigenvalue weighted by Gasteiger charge is 2.17. The van der Waals surface area contributed by atoms with Crippen LogP contribution in [0.2, 0.25) is 0 Å². The van der Waals surface area contributed by atoms with Crippen LogP contribution >= 0.6 is 11.8 Å². The third-order valence-electron chi connectivity index (χ3n) is 4.78. The van der Waals surface area contributed by atoms with Crippen LogP contribution in [0.25, 0.3) is 10.9 Å². The number of morpholine rings is 1. The Kier molecular flexibility index (Phi) is 5.85. The summed E-state index contributed by atoms with van der Waals surface area (Å²) in [4.78, 5) is 11.8. The molecule has 2 heterocycles. The number of hydrogen-bond acceptors (Lipinski definition) is 5. The second-order valence-corrected chi connectivity index (χ2v) is 8.11. The van der Waals surface area contributed by atoms with Gasteiger partial charge in [-0.1, -0.05) is 36.0 Å². The molecule has 0 amide bonds. The van der Waals surface area contributed by atoms with E-state index in [2.05, 4.69) is 4.90 Å². The molecule has 3 aromatic rings. The Morgan fingerprint density at radius 1 is 1.07 bits per heavy atom. The first-order valence-corrected chi connectivity index (χ1v) is 10.2. The molecule has 0 N–H and O–H groups in total. The van der Waals surface area contributed by atoms with Crippen molar-refractivity contribution in [2.24, 2.45) is 0 Å². The standard InChI is InChI=1S/C21H21F2N3OS/c1-14(15-6-7-17(22)18(23)12-15)28-21-16-4-2-3-5-19(16)24-20(25-21)13-26-8-10-27-11-9-26/h2-7,12,14H,8-11,13H2,1H3. The van der Waals surface area contributed by atoms with Crippen molar-refractivity contribution in [3.63, 3.8) is 0 Å². The van der Waals surface area contributed by atoms with Gasteiger partial charge in [-0.3, -0.25) is 4.90 Å². The van der Waals surface area contributed by atoms with E-state index in [1.54, 1.807) is 6.07 Å². The average Bonchev–Trinajstić information content (AvgIpc) is 2.71. The number of halogens is 2. The molecule has 0 aliphatic carbocycles. The first-order chi connectivity index (χ1) is 13.6. The molecular formula is C21H21F2N3OS. The molecule has 0 spiro atoms. The van der Waals surface area contributed by atoms with Gasteiger partial charge in [0.1, 0.15) is 10.9 Å². The molecule has 1 aliphatic heterocycles. The summed E-state index contributed by atoms with van der Waals surface area (Å²) in [5, 5.41) is 1.74. The van der Waals surface area contributed by atoms with Crippen molar-refractivity contribution in [1.82, 2.24) is 14.9 Å². The Morgan fingerprint density at radius 2 is 1.86 bits per heavy atom. The predicted molar refractivity (Wildman–Crippen MR) is 106 cm³/mol. The summed E-state index contributed by atoms with van der Waals surface area (Å²) in [6.45, 7) is 5.82. The molecule has 146 valence electrons. The van der Waals surface area contributed by atoms with Crippen molar-refractivity contribution < 1.29 is 13.5 Å². The van der Waals surface area contributed by atoms with Crippen molar-refractivity contribution in [3.8, 4) is 0 Å². The normalized spacial score (nSPS) is 16.4. The lowest BCUT2D eigenvalue weighted by molar-refractivity contribution is 0.0330. The molecule has 1 fully saturated rings. The molecule has 0 bridgehead atoms. The van der Waals surface area contributed by atoms with Crippen molar-refractivity contribution in [2.45, 2.75) is 23.7 Å². The molecular weight excluding hydrogens is 380 g/mol. The summed E-state index contributed by atoms with van der Waals surface area (Å²) < 4.78 is 32.3. The minimum Gasteiger partial charge on any atom is -0.379 e. The Labute approximate surface area is 166 Å². The van der Waals surface area contributed by atoms with Gasteiger partial charge >= 0.3 is 0 Å². The van der Waals surface area contributed by atoms with Gasteiger partial charge in [-0.05, 0) is 30.7 Å². The topological polar surface area (TPSA) is 38.2 Å². The third-order valence-corrected chi connectivity index (χ3v) is 5.94. The van der Waals surface area contributed by atoms with E-state index in [0.29, 0.717) is 6.54 Å². The van der Waals surface area contributed by atoms with Gasteiger partial charge in [-0.15, -0.1) is 0 Å². The average molecular weight is 401 g/mol. The van der Waals surface area contributed by atoms with Gasteiger partial charge in [-0.25, -0.2) is 18.7 Å². The van der Waals surface area contributed by atoms with Crippen LogP contribution in [0.3, 0.4) is 0 Å². The van der Waals surface area contributed by atoms with E-state index in [1.165, 1.54) is 23.9 Å². The summed E-state index contributed by atoms with van der Waals surface area (Å²) in [5.74, 6) is -0.896. The Hall–Kier alpha value is -2.09. The highest BCUT2D eigenvalue weighted by Crippen LogP contribution is 2.37. The maximum Gasteiger partial charge on any atom is 0.159 e. The van der Waals surface area contributed by atoms with E-state index in [1.807, 2.05) is 31.2 Å². The van der Waals surface area contributed by atoms with E-state index in [4.69, 9.17) is 14.7 Å². The number of nitrogens with zero attached hydrogens (tertiary/aromatic N) is 3. The van der Waals surface area contributed by atoms with Crippen LogP contribution in [0, 0.1) is 11.6 Å². The number of para-hydroxylation sites is 1. The lowest BCUT2D eigenvalue weighted by Crippen LogP contribution is -2.36. The number of ether oxygens (including phenoxy) is 1. The summed E-state index contributed by atoms with van der Waals surface area (Å²) in [6.07, 6.45) is 0. The molecule has 1 atom stereocenters. The zero-order valence-corrected chi connectivity index (χ0v) is 16.4. The fourth-order valence-corrected chi connectivity index (χ4v) is 4.29. The summed E-state index contributed by atoms with van der Waals surface area (Å²) in [5.41, 5.74) is 1.61. The zero-order valence-electron chi connectivity index (χ0n) is 15.6. The van der Waals surface area contributed by atoms with Gasteiger partial charge in [0.2, 0.25) is 0 Å². The summed E-state index contributed by atoms with van der Waals surface area (Å²) in [6, 6.07) is 11.9. The van der Waals surface area contributed by atoms with E-state index in [0.717, 1.165) is 53.6 Å². The number of benzene rings is 2. The third kappa shape index (κ3) is 4.32. The van der Waals surface area contributed by atoms with Crippen molar-refractivity contribution in [2.75, 3.05) is 26.3 Å². The Bertz CT molecular complexity index is 979. The van der Waals surface area contributed by atoms with Crippen molar-refractivity contribution in [3.05, 3.63) is 65.5 Å². The minimum atomic E-state index is -0.832. The molecule has 1 aliphatic rings. The molecule has 0 saturated carbocycles. The number of thioether (sulfide) groups is 1. The molecule has 1 aromatic heterocycles. The van der Waals surface area contributed by atoms with E-state index in [-0.39, 0.29) is 5.25 Å². The SMILES string of the molecule is CC(Sc1nc(CN2CCOCC2)nc2ccccc12)c1ccc(F)c(F)c1. The highest BCUT2D eigenvalue weighted by molar-refractivity contribution is 7.99. The van der Waals surface area contributed by atoms with Crippen molar-refractivity contribution in [1.29, 1.82) is 0 Å². The highest BCUT2D eigenvalue weighted by atomic mass is 32.2. The predicted octanol–water partition coefficient (Wildman–Crippen LogP) is 4.59. The van der Waals surface area contributed by atoms with Crippen LogP contribution < -0.4 is 0 Å². The lowest BCUT2D eigenvalue weighted by Gasteiger charge is -2.26. The fourth-order valence-electron chi connectivity index (χ4n) is 3.21. The molecule has 4 rings (SSSR count). The van der Waals surface area contributed by atoms with Gasteiger partial charge in [0.15, 0.2) is 11.6 Å². The van der Waals surface area contributed by atoms with Crippen molar-refractivity contribution >= 4 is 22.7 Å². The van der Waals surface area contributed by atoms with Crippen LogP contribution in [-0.4, -0.2) is 41.2 Å². The fraction of sp³-hybridized carbons (Fsp3) is 0.333. The number of aromatic nitrogens is 2. The van der Waals surface area contributed by atoms with Gasteiger partial charge in [0, 0.05) is 23.7 Å². The van der Waals surface area contributed by atoms with E-state index in [9.17, 15) is 8.78 Å². The lowest BCUT2D eigenvalue weighted by atomic mass is 10.1. The first kappa shape index (κ1) is 19.2. The van der Waals surface area contributed by atoms with Crippen LogP contribution in [0.5, 0.6) is 0 Å². The number of rotatable bonds is 5. The second-order valence-electron chi connectivity index (χ2n) is 6.78. The quantitative estimate of drug-likeness (QED) is 0.462. The summed E-state index contributed by atoms with van der Waals surface area (Å²) >= 11 is 1.53. The largest absolute Gasteiger partial charge is 0.379 e.